The molecular weight excluding hydrogens is 272 g/mol. The summed E-state index contributed by atoms with van der Waals surface area (Å²) in [6, 6.07) is 0. The number of allylic oxidation sites excluding steroid dienone is 5. The molecule has 2 rings (SSSR count). The van der Waals surface area contributed by atoms with Crippen molar-refractivity contribution >= 4 is 5.97 Å². The summed E-state index contributed by atoms with van der Waals surface area (Å²) in [4.78, 5) is 11.8. The largest absolute Gasteiger partial charge is 0.458 e. The minimum atomic E-state index is -0.214. The molecule has 0 bridgehead atoms. The SMILES string of the molecule is C=C1C(=O)O[C@H]2C/C(C)=C/C/C=C(\C)CCC/C(C)=C/C[C@@H]12. The zero-order valence-electron chi connectivity index (χ0n) is 14.2. The van der Waals surface area contributed by atoms with Crippen LogP contribution >= 0.6 is 0 Å². The fourth-order valence-corrected chi connectivity index (χ4v) is 3.19. The zero-order valence-corrected chi connectivity index (χ0v) is 14.2. The lowest BCUT2D eigenvalue weighted by Gasteiger charge is -2.17. The maximum atomic E-state index is 11.8. The molecule has 0 unspecified atom stereocenters. The van der Waals surface area contributed by atoms with Gasteiger partial charge in [-0.3, -0.25) is 0 Å². The van der Waals surface area contributed by atoms with Crippen LogP contribution in [0, 0.1) is 5.92 Å². The summed E-state index contributed by atoms with van der Waals surface area (Å²) in [5.41, 5.74) is 4.81. The lowest BCUT2D eigenvalue weighted by molar-refractivity contribution is -0.139. The molecule has 1 aliphatic carbocycles. The molecule has 2 aliphatic rings. The van der Waals surface area contributed by atoms with Crippen LogP contribution < -0.4 is 0 Å². The fraction of sp³-hybridized carbons (Fsp3) is 0.550. The summed E-state index contributed by atoms with van der Waals surface area (Å²) >= 11 is 0. The third-order valence-corrected chi connectivity index (χ3v) is 4.74. The normalized spacial score (nSPS) is 35.1. The van der Waals surface area contributed by atoms with Crippen LogP contribution in [0.25, 0.3) is 0 Å². The molecule has 1 aliphatic heterocycles. The van der Waals surface area contributed by atoms with Crippen molar-refractivity contribution in [1.82, 2.24) is 0 Å². The summed E-state index contributed by atoms with van der Waals surface area (Å²) in [5, 5.41) is 0. The number of esters is 1. The quantitative estimate of drug-likeness (QED) is 0.346. The Hall–Kier alpha value is -1.57. The molecule has 0 radical (unpaired) electrons. The molecule has 0 spiro atoms. The van der Waals surface area contributed by atoms with Gasteiger partial charge in [-0.2, -0.15) is 0 Å². The van der Waals surface area contributed by atoms with Gasteiger partial charge >= 0.3 is 5.97 Å². The first-order valence-electron chi connectivity index (χ1n) is 8.34. The molecule has 0 saturated carbocycles. The van der Waals surface area contributed by atoms with Gasteiger partial charge in [0.25, 0.3) is 0 Å². The van der Waals surface area contributed by atoms with Crippen LogP contribution in [-0.4, -0.2) is 12.1 Å². The third-order valence-electron chi connectivity index (χ3n) is 4.74. The predicted molar refractivity (Wildman–Crippen MR) is 91.5 cm³/mol. The standard InChI is InChI=1S/C20H28O2/c1-14-7-5-9-15(2)11-12-18-17(4)20(21)22-19(18)13-16(3)10-6-8-14/h8,10-11,18-19H,4-7,9,12-13H2,1-3H3/b14-8+,15-11+,16-10+/t18-,19-/m0/s1. The minimum Gasteiger partial charge on any atom is -0.458 e. The molecule has 22 heavy (non-hydrogen) atoms. The van der Waals surface area contributed by atoms with Gasteiger partial charge < -0.3 is 4.74 Å². The van der Waals surface area contributed by atoms with Crippen molar-refractivity contribution in [2.75, 3.05) is 0 Å². The molecular formula is C20H28O2. The van der Waals surface area contributed by atoms with Crippen LogP contribution in [0.3, 0.4) is 0 Å². The molecule has 1 fully saturated rings. The second kappa shape index (κ2) is 7.62. The van der Waals surface area contributed by atoms with Crippen LogP contribution in [0.2, 0.25) is 0 Å². The first kappa shape index (κ1) is 16.8. The Labute approximate surface area is 134 Å². The highest BCUT2D eigenvalue weighted by molar-refractivity contribution is 5.90. The van der Waals surface area contributed by atoms with Crippen LogP contribution in [0.4, 0.5) is 0 Å². The average molecular weight is 300 g/mol. The van der Waals surface area contributed by atoms with Gasteiger partial charge in [0, 0.05) is 17.9 Å². The van der Waals surface area contributed by atoms with Crippen molar-refractivity contribution in [3.05, 3.63) is 47.1 Å². The Balaban J connectivity index is 2.19. The Bertz CT molecular complexity index is 534. The second-order valence-electron chi connectivity index (χ2n) is 6.76. The smallest absolute Gasteiger partial charge is 0.334 e. The van der Waals surface area contributed by atoms with E-state index in [1.807, 2.05) is 0 Å². The van der Waals surface area contributed by atoms with E-state index in [9.17, 15) is 4.79 Å². The van der Waals surface area contributed by atoms with Gasteiger partial charge in [-0.05, 0) is 52.9 Å². The number of carbonyl (C=O) groups is 1. The van der Waals surface area contributed by atoms with E-state index in [0.717, 1.165) is 25.7 Å². The van der Waals surface area contributed by atoms with Crippen molar-refractivity contribution in [1.29, 1.82) is 0 Å². The lowest BCUT2D eigenvalue weighted by atomic mass is 9.88. The Morgan fingerprint density at radius 2 is 1.68 bits per heavy atom. The van der Waals surface area contributed by atoms with Gasteiger partial charge in [-0.25, -0.2) is 4.79 Å². The number of hydrogen-bond acceptors (Lipinski definition) is 2. The zero-order chi connectivity index (χ0) is 16.1. The van der Waals surface area contributed by atoms with E-state index in [2.05, 4.69) is 45.6 Å². The number of rotatable bonds is 0. The summed E-state index contributed by atoms with van der Waals surface area (Å²) in [5.74, 6) is -0.0834. The van der Waals surface area contributed by atoms with Gasteiger partial charge in [0.15, 0.2) is 0 Å². The van der Waals surface area contributed by atoms with Gasteiger partial charge in [0.2, 0.25) is 0 Å². The molecule has 120 valence electrons. The molecule has 1 saturated heterocycles. The molecule has 0 aromatic heterocycles. The molecule has 0 N–H and O–H groups in total. The molecule has 0 aromatic rings. The monoisotopic (exact) mass is 300 g/mol. The molecule has 2 nitrogen and oxygen atoms in total. The lowest BCUT2D eigenvalue weighted by Crippen LogP contribution is -2.16. The van der Waals surface area contributed by atoms with Gasteiger partial charge in [-0.15, -0.1) is 0 Å². The Morgan fingerprint density at radius 3 is 2.41 bits per heavy atom. The van der Waals surface area contributed by atoms with E-state index in [0.29, 0.717) is 5.57 Å². The molecule has 0 amide bonds. The highest BCUT2D eigenvalue weighted by atomic mass is 16.6. The van der Waals surface area contributed by atoms with E-state index >= 15 is 0 Å². The average Bonchev–Trinajstić information content (AvgIpc) is 2.71. The van der Waals surface area contributed by atoms with E-state index in [4.69, 9.17) is 4.74 Å². The van der Waals surface area contributed by atoms with E-state index in [1.165, 1.54) is 29.6 Å². The Kier molecular flexibility index (Phi) is 5.82. The molecule has 0 aromatic carbocycles. The number of ether oxygens (including phenoxy) is 1. The molecule has 2 atom stereocenters. The van der Waals surface area contributed by atoms with Crippen molar-refractivity contribution in [3.8, 4) is 0 Å². The van der Waals surface area contributed by atoms with Gasteiger partial charge in [0.1, 0.15) is 6.10 Å². The summed E-state index contributed by atoms with van der Waals surface area (Å²) < 4.78 is 5.54. The van der Waals surface area contributed by atoms with Gasteiger partial charge in [-0.1, -0.05) is 41.5 Å². The first-order valence-corrected chi connectivity index (χ1v) is 8.34. The fourth-order valence-electron chi connectivity index (χ4n) is 3.19. The third kappa shape index (κ3) is 4.46. The number of fused-ring (bicyclic) bond motifs is 1. The molecule has 1 heterocycles. The van der Waals surface area contributed by atoms with Crippen molar-refractivity contribution in [2.24, 2.45) is 5.92 Å². The first-order chi connectivity index (χ1) is 10.5. The summed E-state index contributed by atoms with van der Waals surface area (Å²) in [6.07, 6.45) is 12.9. The van der Waals surface area contributed by atoms with Crippen molar-refractivity contribution in [2.45, 2.75) is 65.4 Å². The number of hydrogen-bond donors (Lipinski definition) is 0. The minimum absolute atomic E-state index is 0.0479. The van der Waals surface area contributed by atoms with E-state index in [1.54, 1.807) is 0 Å². The van der Waals surface area contributed by atoms with Crippen LogP contribution in [0.1, 0.15) is 59.3 Å². The maximum absolute atomic E-state index is 11.8. The number of carbonyl (C=O) groups excluding carboxylic acids is 1. The predicted octanol–water partition coefficient (Wildman–Crippen LogP) is 5.28. The van der Waals surface area contributed by atoms with Gasteiger partial charge in [0.05, 0.1) is 0 Å². The summed E-state index contributed by atoms with van der Waals surface area (Å²) in [6.45, 7) is 10.5. The van der Waals surface area contributed by atoms with E-state index in [-0.39, 0.29) is 18.0 Å². The molecule has 2 heteroatoms. The summed E-state index contributed by atoms with van der Waals surface area (Å²) in [7, 11) is 0. The topological polar surface area (TPSA) is 26.3 Å². The highest BCUT2D eigenvalue weighted by Crippen LogP contribution is 2.34. The van der Waals surface area contributed by atoms with E-state index < -0.39 is 0 Å². The van der Waals surface area contributed by atoms with Crippen LogP contribution in [-0.2, 0) is 9.53 Å². The van der Waals surface area contributed by atoms with Crippen molar-refractivity contribution in [3.63, 3.8) is 0 Å². The van der Waals surface area contributed by atoms with Crippen LogP contribution in [0.5, 0.6) is 0 Å². The second-order valence-corrected chi connectivity index (χ2v) is 6.76. The van der Waals surface area contributed by atoms with Crippen LogP contribution in [0.15, 0.2) is 47.1 Å². The Morgan fingerprint density at radius 1 is 1.05 bits per heavy atom. The maximum Gasteiger partial charge on any atom is 0.334 e. The van der Waals surface area contributed by atoms with Crippen molar-refractivity contribution < 1.29 is 9.53 Å². The highest BCUT2D eigenvalue weighted by Gasteiger charge is 2.37.